The first-order chi connectivity index (χ1) is 12.9. The van der Waals surface area contributed by atoms with Crippen LogP contribution < -0.4 is 4.74 Å². The number of rotatable bonds is 4. The van der Waals surface area contributed by atoms with E-state index in [9.17, 15) is 9.59 Å². The molecule has 148 valence electrons. The Labute approximate surface area is 162 Å². The summed E-state index contributed by atoms with van der Waals surface area (Å²) in [5.74, 6) is 0.838. The van der Waals surface area contributed by atoms with Crippen LogP contribution in [0.2, 0.25) is 0 Å². The van der Waals surface area contributed by atoms with Crippen molar-refractivity contribution >= 4 is 11.8 Å². The number of carbonyl (C=O) groups excluding carboxylic acids is 2. The van der Waals surface area contributed by atoms with Crippen LogP contribution in [0.25, 0.3) is 0 Å². The molecule has 2 amide bonds. The molecular formula is C21H31N3O3. The van der Waals surface area contributed by atoms with Crippen molar-refractivity contribution in [2.75, 3.05) is 53.4 Å². The molecule has 0 spiro atoms. The molecule has 0 radical (unpaired) electrons. The Morgan fingerprint density at radius 1 is 1.07 bits per heavy atom. The average Bonchev–Trinajstić information content (AvgIpc) is 3.12. The van der Waals surface area contributed by atoms with E-state index in [1.165, 1.54) is 0 Å². The number of nitrogens with zero attached hydrogens (tertiary/aromatic N) is 3. The topological polar surface area (TPSA) is 53.1 Å². The van der Waals surface area contributed by atoms with E-state index in [-0.39, 0.29) is 29.6 Å². The number of likely N-dealkylation sites (N-methyl/N-ethyl adjacent to an activating group) is 1. The third-order valence-electron chi connectivity index (χ3n) is 5.78. The van der Waals surface area contributed by atoms with Gasteiger partial charge >= 0.3 is 0 Å². The van der Waals surface area contributed by atoms with Gasteiger partial charge in [-0.3, -0.25) is 9.59 Å². The monoisotopic (exact) mass is 373 g/mol. The van der Waals surface area contributed by atoms with Crippen molar-refractivity contribution in [3.63, 3.8) is 0 Å². The third-order valence-corrected chi connectivity index (χ3v) is 5.78. The van der Waals surface area contributed by atoms with Gasteiger partial charge in [0.1, 0.15) is 5.75 Å². The molecule has 2 heterocycles. The summed E-state index contributed by atoms with van der Waals surface area (Å²) in [6.45, 7) is 8.24. The lowest BCUT2D eigenvalue weighted by Crippen LogP contribution is -2.50. The minimum atomic E-state index is -0.191. The molecule has 0 aromatic heterocycles. The van der Waals surface area contributed by atoms with Crippen molar-refractivity contribution in [1.82, 2.24) is 14.7 Å². The third kappa shape index (κ3) is 4.26. The minimum absolute atomic E-state index is 0.00922. The highest BCUT2D eigenvalue weighted by molar-refractivity contribution is 5.84. The fourth-order valence-electron chi connectivity index (χ4n) is 4.07. The van der Waals surface area contributed by atoms with E-state index in [1.54, 1.807) is 7.11 Å². The van der Waals surface area contributed by atoms with Gasteiger partial charge in [-0.05, 0) is 24.7 Å². The predicted octanol–water partition coefficient (Wildman–Crippen LogP) is 1.67. The van der Waals surface area contributed by atoms with Gasteiger partial charge in [-0.1, -0.05) is 26.0 Å². The molecule has 0 N–H and O–H groups in total. The Kier molecular flexibility index (Phi) is 6.05. The average molecular weight is 373 g/mol. The molecule has 0 bridgehead atoms. The standard InChI is InChI=1S/C21H31N3O3/c1-15(2)20(25)24-13-18(16-6-5-7-17(12-16)27-4)19(14-24)21(26)23-10-8-22(3)9-11-23/h5-7,12,15,18-19H,8-11,13-14H2,1-4H3/t18-,19+/m1/s1. The van der Waals surface area contributed by atoms with Crippen molar-refractivity contribution in [3.8, 4) is 5.75 Å². The molecule has 3 rings (SSSR count). The second-order valence-corrected chi connectivity index (χ2v) is 8.02. The van der Waals surface area contributed by atoms with Gasteiger partial charge in [0.25, 0.3) is 0 Å². The highest BCUT2D eigenvalue weighted by Gasteiger charge is 2.42. The lowest BCUT2D eigenvalue weighted by Gasteiger charge is -2.35. The fourth-order valence-corrected chi connectivity index (χ4v) is 4.07. The van der Waals surface area contributed by atoms with Crippen LogP contribution in [0.4, 0.5) is 0 Å². The molecule has 27 heavy (non-hydrogen) atoms. The maximum Gasteiger partial charge on any atom is 0.228 e. The van der Waals surface area contributed by atoms with E-state index < -0.39 is 0 Å². The smallest absolute Gasteiger partial charge is 0.228 e. The van der Waals surface area contributed by atoms with Crippen molar-refractivity contribution in [3.05, 3.63) is 29.8 Å². The van der Waals surface area contributed by atoms with E-state index in [0.29, 0.717) is 13.1 Å². The van der Waals surface area contributed by atoms with Gasteiger partial charge < -0.3 is 19.4 Å². The first kappa shape index (κ1) is 19.7. The van der Waals surface area contributed by atoms with Gasteiger partial charge in [0, 0.05) is 51.1 Å². The molecule has 2 fully saturated rings. The number of piperazine rings is 1. The zero-order chi connectivity index (χ0) is 19.6. The van der Waals surface area contributed by atoms with Gasteiger partial charge in [0.2, 0.25) is 11.8 Å². The number of benzene rings is 1. The van der Waals surface area contributed by atoms with Crippen molar-refractivity contribution < 1.29 is 14.3 Å². The highest BCUT2D eigenvalue weighted by atomic mass is 16.5. The zero-order valence-electron chi connectivity index (χ0n) is 16.9. The van der Waals surface area contributed by atoms with Gasteiger partial charge in [-0.2, -0.15) is 0 Å². The number of ether oxygens (including phenoxy) is 1. The SMILES string of the molecule is COc1cccc([C@H]2CN(C(=O)C(C)C)C[C@@H]2C(=O)N2CCN(C)CC2)c1. The van der Waals surface area contributed by atoms with Gasteiger partial charge in [0.15, 0.2) is 0 Å². The minimum Gasteiger partial charge on any atom is -0.497 e. The van der Waals surface area contributed by atoms with Crippen LogP contribution in [0.5, 0.6) is 5.75 Å². The fraction of sp³-hybridized carbons (Fsp3) is 0.619. The quantitative estimate of drug-likeness (QED) is 0.806. The molecule has 2 aliphatic heterocycles. The summed E-state index contributed by atoms with van der Waals surface area (Å²) >= 11 is 0. The Morgan fingerprint density at radius 2 is 1.78 bits per heavy atom. The molecule has 2 atom stereocenters. The Bertz CT molecular complexity index is 683. The van der Waals surface area contributed by atoms with Crippen molar-refractivity contribution in [2.45, 2.75) is 19.8 Å². The largest absolute Gasteiger partial charge is 0.497 e. The number of hydrogen-bond acceptors (Lipinski definition) is 4. The molecule has 6 heteroatoms. The normalized spacial score (nSPS) is 23.7. The van der Waals surface area contributed by atoms with E-state index >= 15 is 0 Å². The predicted molar refractivity (Wildman–Crippen MR) is 105 cm³/mol. The molecule has 0 unspecified atom stereocenters. The molecular weight excluding hydrogens is 342 g/mol. The van der Waals surface area contributed by atoms with E-state index in [1.807, 2.05) is 47.9 Å². The maximum atomic E-state index is 13.3. The molecule has 6 nitrogen and oxygen atoms in total. The van der Waals surface area contributed by atoms with Crippen LogP contribution in [0.3, 0.4) is 0 Å². The maximum absolute atomic E-state index is 13.3. The first-order valence-electron chi connectivity index (χ1n) is 9.80. The molecule has 2 aliphatic rings. The molecule has 1 aromatic carbocycles. The number of amides is 2. The summed E-state index contributed by atoms with van der Waals surface area (Å²) in [7, 11) is 3.73. The number of methoxy groups -OCH3 is 1. The summed E-state index contributed by atoms with van der Waals surface area (Å²) in [5, 5.41) is 0. The molecule has 1 aromatic rings. The molecule has 0 aliphatic carbocycles. The first-order valence-corrected chi connectivity index (χ1v) is 9.80. The van der Waals surface area contributed by atoms with E-state index in [2.05, 4.69) is 11.9 Å². The number of hydrogen-bond donors (Lipinski definition) is 0. The van der Waals surface area contributed by atoms with Crippen LogP contribution in [0, 0.1) is 11.8 Å². The molecule has 2 saturated heterocycles. The number of likely N-dealkylation sites (tertiary alicyclic amines) is 1. The van der Waals surface area contributed by atoms with Crippen molar-refractivity contribution in [1.29, 1.82) is 0 Å². The van der Waals surface area contributed by atoms with Gasteiger partial charge in [-0.15, -0.1) is 0 Å². The van der Waals surface area contributed by atoms with Crippen LogP contribution in [0.15, 0.2) is 24.3 Å². The van der Waals surface area contributed by atoms with E-state index in [4.69, 9.17) is 4.74 Å². The zero-order valence-corrected chi connectivity index (χ0v) is 16.9. The van der Waals surface area contributed by atoms with Crippen LogP contribution in [0.1, 0.15) is 25.3 Å². The lowest BCUT2D eigenvalue weighted by atomic mass is 9.87. The van der Waals surface area contributed by atoms with Crippen molar-refractivity contribution in [2.24, 2.45) is 11.8 Å². The van der Waals surface area contributed by atoms with Gasteiger partial charge in [0.05, 0.1) is 13.0 Å². The Balaban J connectivity index is 1.84. The summed E-state index contributed by atoms with van der Waals surface area (Å²) in [6.07, 6.45) is 0. The summed E-state index contributed by atoms with van der Waals surface area (Å²) in [6, 6.07) is 7.91. The van der Waals surface area contributed by atoms with Crippen LogP contribution in [-0.2, 0) is 9.59 Å². The highest BCUT2D eigenvalue weighted by Crippen LogP contribution is 2.36. The summed E-state index contributed by atoms with van der Waals surface area (Å²) in [4.78, 5) is 32.0. The second kappa shape index (κ2) is 8.30. The Hall–Kier alpha value is -2.08. The lowest BCUT2D eigenvalue weighted by molar-refractivity contribution is -0.138. The van der Waals surface area contributed by atoms with Gasteiger partial charge in [-0.25, -0.2) is 0 Å². The second-order valence-electron chi connectivity index (χ2n) is 8.02. The van der Waals surface area contributed by atoms with Crippen LogP contribution in [-0.4, -0.2) is 79.9 Å². The molecule has 0 saturated carbocycles. The van der Waals surface area contributed by atoms with E-state index in [0.717, 1.165) is 37.5 Å². The van der Waals surface area contributed by atoms with Crippen LogP contribution >= 0.6 is 0 Å². The summed E-state index contributed by atoms with van der Waals surface area (Å²) in [5.41, 5.74) is 1.07. The summed E-state index contributed by atoms with van der Waals surface area (Å²) < 4.78 is 5.37. The Morgan fingerprint density at radius 3 is 2.41 bits per heavy atom. The number of carbonyl (C=O) groups is 2.